The van der Waals surface area contributed by atoms with Gasteiger partial charge >= 0.3 is 0 Å². The maximum Gasteiger partial charge on any atom is 0.141 e. The Morgan fingerprint density at radius 2 is 1.74 bits per heavy atom. The number of rotatable bonds is 3. The van der Waals surface area contributed by atoms with E-state index in [0.29, 0.717) is 15.8 Å². The van der Waals surface area contributed by atoms with Crippen LogP contribution in [0.5, 0.6) is 11.5 Å². The van der Waals surface area contributed by atoms with E-state index in [0.717, 1.165) is 18.2 Å². The smallest absolute Gasteiger partial charge is 0.141 e. The molecule has 5 heteroatoms. The van der Waals surface area contributed by atoms with Crippen LogP contribution >= 0.6 is 15.9 Å². The van der Waals surface area contributed by atoms with Crippen LogP contribution in [0.3, 0.4) is 0 Å². The molecular weight excluding hydrogens is 318 g/mol. The number of aliphatic hydroxyl groups is 1. The van der Waals surface area contributed by atoms with Gasteiger partial charge in [-0.2, -0.15) is 0 Å². The summed E-state index contributed by atoms with van der Waals surface area (Å²) in [5.41, 5.74) is 0.713. The summed E-state index contributed by atoms with van der Waals surface area (Å²) in [5, 5.41) is 9.44. The first-order chi connectivity index (χ1) is 8.95. The molecule has 100 valence electrons. The molecule has 2 aromatic carbocycles. The van der Waals surface area contributed by atoms with Gasteiger partial charge in [0.1, 0.15) is 23.1 Å². The number of ether oxygens (including phenoxy) is 1. The van der Waals surface area contributed by atoms with Gasteiger partial charge in [-0.3, -0.25) is 0 Å². The third-order valence-corrected chi connectivity index (χ3v) is 3.12. The highest BCUT2D eigenvalue weighted by Gasteiger charge is 2.08. The van der Waals surface area contributed by atoms with Gasteiger partial charge in [0.2, 0.25) is 0 Å². The molecule has 0 aliphatic heterocycles. The monoisotopic (exact) mass is 328 g/mol. The molecular formula is C14H11BrF2O2. The van der Waals surface area contributed by atoms with E-state index >= 15 is 0 Å². The minimum Gasteiger partial charge on any atom is -0.456 e. The lowest BCUT2D eigenvalue weighted by Gasteiger charge is -2.11. The number of benzene rings is 2. The highest BCUT2D eigenvalue weighted by atomic mass is 79.9. The fraction of sp³-hybridized carbons (Fsp3) is 0.143. The second-order valence-corrected chi connectivity index (χ2v) is 4.93. The zero-order valence-electron chi connectivity index (χ0n) is 10.0. The fourth-order valence-corrected chi connectivity index (χ4v) is 2.05. The third-order valence-electron chi connectivity index (χ3n) is 2.50. The number of hydrogen-bond acceptors (Lipinski definition) is 2. The van der Waals surface area contributed by atoms with E-state index in [-0.39, 0.29) is 5.75 Å². The molecule has 2 aromatic rings. The largest absolute Gasteiger partial charge is 0.456 e. The van der Waals surface area contributed by atoms with Crippen LogP contribution in [0.1, 0.15) is 18.6 Å². The van der Waals surface area contributed by atoms with Gasteiger partial charge in [0, 0.05) is 18.2 Å². The topological polar surface area (TPSA) is 29.5 Å². The first-order valence-corrected chi connectivity index (χ1v) is 6.36. The molecule has 2 nitrogen and oxygen atoms in total. The summed E-state index contributed by atoms with van der Waals surface area (Å²) in [6, 6.07) is 7.96. The summed E-state index contributed by atoms with van der Waals surface area (Å²) >= 11 is 3.29. The molecule has 2 rings (SSSR count). The first-order valence-electron chi connectivity index (χ1n) is 5.57. The van der Waals surface area contributed by atoms with Crippen LogP contribution in [0.2, 0.25) is 0 Å². The zero-order valence-corrected chi connectivity index (χ0v) is 11.6. The summed E-state index contributed by atoms with van der Waals surface area (Å²) in [6.07, 6.45) is -0.600. The lowest BCUT2D eigenvalue weighted by atomic mass is 10.1. The summed E-state index contributed by atoms with van der Waals surface area (Å²) in [6.45, 7) is 1.64. The second-order valence-electron chi connectivity index (χ2n) is 4.07. The van der Waals surface area contributed by atoms with Crippen LogP contribution in [0.25, 0.3) is 0 Å². The average Bonchev–Trinajstić information content (AvgIpc) is 2.30. The van der Waals surface area contributed by atoms with Crippen molar-refractivity contribution in [3.05, 3.63) is 58.1 Å². The van der Waals surface area contributed by atoms with Crippen molar-refractivity contribution in [1.29, 1.82) is 0 Å². The van der Waals surface area contributed by atoms with Gasteiger partial charge in [0.25, 0.3) is 0 Å². The van der Waals surface area contributed by atoms with Crippen LogP contribution in [-0.4, -0.2) is 5.11 Å². The summed E-state index contributed by atoms with van der Waals surface area (Å²) < 4.78 is 32.1. The molecule has 1 N–H and O–H groups in total. The minimum atomic E-state index is -0.702. The van der Waals surface area contributed by atoms with Crippen molar-refractivity contribution in [3.8, 4) is 11.5 Å². The minimum absolute atomic E-state index is 0.0722. The Balaban J connectivity index is 2.28. The first kappa shape index (κ1) is 14.0. The Bertz CT molecular complexity index is 580. The fourth-order valence-electron chi connectivity index (χ4n) is 1.57. The van der Waals surface area contributed by atoms with Gasteiger partial charge < -0.3 is 9.84 Å². The molecule has 0 bridgehead atoms. The standard InChI is InChI=1S/C14H11BrF2O2/c1-8(18)9-2-3-14(13(15)4-9)19-12-6-10(16)5-11(17)7-12/h2-8,18H,1H3. The van der Waals surface area contributed by atoms with E-state index in [2.05, 4.69) is 15.9 Å². The van der Waals surface area contributed by atoms with Gasteiger partial charge in [-0.1, -0.05) is 6.07 Å². The molecule has 1 atom stereocenters. The van der Waals surface area contributed by atoms with Gasteiger partial charge in [-0.25, -0.2) is 8.78 Å². The lowest BCUT2D eigenvalue weighted by molar-refractivity contribution is 0.199. The molecule has 0 spiro atoms. The summed E-state index contributed by atoms with van der Waals surface area (Å²) in [4.78, 5) is 0. The van der Waals surface area contributed by atoms with Crippen LogP contribution in [-0.2, 0) is 0 Å². The van der Waals surface area contributed by atoms with E-state index in [9.17, 15) is 13.9 Å². The molecule has 0 amide bonds. The van der Waals surface area contributed by atoms with E-state index in [1.807, 2.05) is 0 Å². The maximum atomic E-state index is 13.0. The highest BCUT2D eigenvalue weighted by Crippen LogP contribution is 2.32. The molecule has 0 aliphatic carbocycles. The van der Waals surface area contributed by atoms with Crippen molar-refractivity contribution in [3.63, 3.8) is 0 Å². The highest BCUT2D eigenvalue weighted by molar-refractivity contribution is 9.10. The molecule has 0 heterocycles. The van der Waals surface area contributed by atoms with E-state index in [1.165, 1.54) is 0 Å². The molecule has 19 heavy (non-hydrogen) atoms. The van der Waals surface area contributed by atoms with Gasteiger partial charge in [-0.05, 0) is 40.5 Å². The Morgan fingerprint density at radius 3 is 2.26 bits per heavy atom. The quantitative estimate of drug-likeness (QED) is 0.894. The molecule has 0 saturated heterocycles. The lowest BCUT2D eigenvalue weighted by Crippen LogP contribution is -1.93. The van der Waals surface area contributed by atoms with E-state index in [4.69, 9.17) is 4.74 Å². The van der Waals surface area contributed by atoms with Crippen LogP contribution in [0, 0.1) is 11.6 Å². The Hall–Kier alpha value is -1.46. The van der Waals surface area contributed by atoms with Gasteiger partial charge in [0.15, 0.2) is 0 Å². The van der Waals surface area contributed by atoms with Crippen molar-refractivity contribution in [2.75, 3.05) is 0 Å². The van der Waals surface area contributed by atoms with Gasteiger partial charge in [0.05, 0.1) is 10.6 Å². The van der Waals surface area contributed by atoms with Crippen molar-refractivity contribution >= 4 is 15.9 Å². The third kappa shape index (κ3) is 3.52. The number of hydrogen-bond donors (Lipinski definition) is 1. The maximum absolute atomic E-state index is 13.0. The zero-order chi connectivity index (χ0) is 14.0. The number of aliphatic hydroxyl groups excluding tert-OH is 1. The molecule has 0 aliphatic rings. The molecule has 0 aromatic heterocycles. The van der Waals surface area contributed by atoms with Crippen LogP contribution in [0.4, 0.5) is 8.78 Å². The predicted molar refractivity (Wildman–Crippen MR) is 71.2 cm³/mol. The normalized spacial score (nSPS) is 12.3. The van der Waals surface area contributed by atoms with Crippen molar-refractivity contribution in [2.45, 2.75) is 13.0 Å². The average molecular weight is 329 g/mol. The second kappa shape index (κ2) is 5.67. The summed E-state index contributed by atoms with van der Waals surface area (Å²) in [7, 11) is 0. The SMILES string of the molecule is CC(O)c1ccc(Oc2cc(F)cc(F)c2)c(Br)c1. The van der Waals surface area contributed by atoms with Crippen LogP contribution < -0.4 is 4.74 Å². The Kier molecular flexibility index (Phi) is 4.17. The van der Waals surface area contributed by atoms with Crippen molar-refractivity contribution in [2.24, 2.45) is 0 Å². The molecule has 0 saturated carbocycles. The summed E-state index contributed by atoms with van der Waals surface area (Å²) in [5.74, 6) is -0.921. The van der Waals surface area contributed by atoms with E-state index in [1.54, 1.807) is 25.1 Å². The van der Waals surface area contributed by atoms with E-state index < -0.39 is 17.7 Å². The predicted octanol–water partition coefficient (Wildman–Crippen LogP) is 4.57. The number of halogens is 3. The Labute approximate surface area is 117 Å². The Morgan fingerprint density at radius 1 is 1.11 bits per heavy atom. The van der Waals surface area contributed by atoms with Crippen molar-refractivity contribution in [1.82, 2.24) is 0 Å². The molecule has 0 fully saturated rings. The molecule has 1 unspecified atom stereocenters. The molecule has 0 radical (unpaired) electrons. The van der Waals surface area contributed by atoms with Crippen molar-refractivity contribution < 1.29 is 18.6 Å². The van der Waals surface area contributed by atoms with Crippen LogP contribution in [0.15, 0.2) is 40.9 Å². The van der Waals surface area contributed by atoms with Gasteiger partial charge in [-0.15, -0.1) is 0 Å².